The maximum atomic E-state index is 2.38. The predicted octanol–water partition coefficient (Wildman–Crippen LogP) is 5.15. The first-order valence-corrected chi connectivity index (χ1v) is 6.76. The van der Waals surface area contributed by atoms with Crippen LogP contribution in [0.2, 0.25) is 0 Å². The highest BCUT2D eigenvalue weighted by Gasteiger charge is 2.03. The first kappa shape index (κ1) is 12.2. The lowest BCUT2D eigenvalue weighted by molar-refractivity contribution is 0.841. The van der Waals surface area contributed by atoms with Crippen molar-refractivity contribution in [2.75, 3.05) is 0 Å². The molecule has 0 unspecified atom stereocenters. The molecule has 2 rings (SSSR count). The van der Waals surface area contributed by atoms with E-state index < -0.39 is 0 Å². The summed E-state index contributed by atoms with van der Waals surface area (Å²) in [5.41, 5.74) is 5.73. The van der Waals surface area contributed by atoms with Gasteiger partial charge < -0.3 is 0 Å². The average molecular weight is 226 g/mol. The molecule has 0 heteroatoms. The number of rotatable bonds is 3. The van der Waals surface area contributed by atoms with Gasteiger partial charge in [-0.3, -0.25) is 0 Å². The van der Waals surface area contributed by atoms with Crippen molar-refractivity contribution in [3.8, 4) is 0 Å². The van der Waals surface area contributed by atoms with E-state index in [1.54, 1.807) is 0 Å². The summed E-state index contributed by atoms with van der Waals surface area (Å²) in [6.45, 7) is 4.47. The van der Waals surface area contributed by atoms with Crippen LogP contribution in [0.3, 0.4) is 0 Å². The minimum atomic E-state index is 1.19. The Balaban J connectivity index is 2.21. The van der Waals surface area contributed by atoms with Crippen LogP contribution in [0, 0.1) is 0 Å². The van der Waals surface area contributed by atoms with E-state index in [9.17, 15) is 0 Å². The average Bonchev–Trinajstić information content (AvgIpc) is 2.55. The van der Waals surface area contributed by atoms with Crippen LogP contribution >= 0.6 is 0 Å². The Kier molecular flexibility index (Phi) is 4.19. The van der Waals surface area contributed by atoms with Crippen LogP contribution in [-0.4, -0.2) is 0 Å². The molecule has 0 fully saturated rings. The topological polar surface area (TPSA) is 0 Å². The number of hydrogen-bond acceptors (Lipinski definition) is 0. The molecule has 1 aliphatic rings. The van der Waals surface area contributed by atoms with E-state index in [4.69, 9.17) is 0 Å². The Morgan fingerprint density at radius 2 is 1.88 bits per heavy atom. The van der Waals surface area contributed by atoms with Crippen LogP contribution in [0.1, 0.15) is 50.7 Å². The summed E-state index contributed by atoms with van der Waals surface area (Å²) in [7, 11) is 0. The number of hydrogen-bond donors (Lipinski definition) is 0. The second-order valence-electron chi connectivity index (χ2n) is 4.99. The van der Waals surface area contributed by atoms with Gasteiger partial charge in [0, 0.05) is 0 Å². The zero-order chi connectivity index (χ0) is 12.1. The van der Waals surface area contributed by atoms with Crippen molar-refractivity contribution < 1.29 is 0 Å². The lowest BCUT2D eigenvalue weighted by Crippen LogP contribution is -1.86. The normalized spacial score (nSPS) is 16.1. The van der Waals surface area contributed by atoms with Crippen molar-refractivity contribution in [2.24, 2.45) is 0 Å². The summed E-state index contributed by atoms with van der Waals surface area (Å²) in [5, 5.41) is 0. The van der Waals surface area contributed by atoms with Crippen molar-refractivity contribution in [2.45, 2.75) is 46.0 Å². The quantitative estimate of drug-likeness (QED) is 0.668. The molecule has 0 saturated carbocycles. The van der Waals surface area contributed by atoms with Crippen LogP contribution in [0.4, 0.5) is 0 Å². The number of benzene rings is 1. The second-order valence-corrected chi connectivity index (χ2v) is 4.99. The zero-order valence-corrected chi connectivity index (χ0v) is 11.0. The van der Waals surface area contributed by atoms with E-state index in [-0.39, 0.29) is 0 Å². The Morgan fingerprint density at radius 3 is 2.59 bits per heavy atom. The maximum Gasteiger partial charge on any atom is -0.0187 e. The van der Waals surface area contributed by atoms with Gasteiger partial charge in [-0.1, -0.05) is 55.3 Å². The molecule has 0 heterocycles. The molecule has 0 bridgehead atoms. The van der Waals surface area contributed by atoms with Crippen LogP contribution in [-0.2, 0) is 6.42 Å². The van der Waals surface area contributed by atoms with Crippen molar-refractivity contribution in [3.63, 3.8) is 0 Å². The highest BCUT2D eigenvalue weighted by Crippen LogP contribution is 2.24. The molecule has 1 aliphatic carbocycles. The van der Waals surface area contributed by atoms with Gasteiger partial charge in [0.15, 0.2) is 0 Å². The SMILES string of the molecule is CCCc1ccc(C2=CCCCC(C)=C2)cc1. The Hall–Kier alpha value is -1.30. The van der Waals surface area contributed by atoms with Crippen molar-refractivity contribution in [1.29, 1.82) is 0 Å². The number of allylic oxidation sites excluding steroid dienone is 4. The van der Waals surface area contributed by atoms with E-state index in [1.807, 2.05) is 0 Å². The van der Waals surface area contributed by atoms with Gasteiger partial charge in [0.1, 0.15) is 0 Å². The molecule has 0 spiro atoms. The molecule has 1 aromatic rings. The Morgan fingerprint density at radius 1 is 1.12 bits per heavy atom. The molecule has 0 aromatic heterocycles. The molecule has 0 N–H and O–H groups in total. The first-order chi connectivity index (χ1) is 8.29. The highest BCUT2D eigenvalue weighted by atomic mass is 14.1. The largest absolute Gasteiger partial charge is 0.0767 e. The molecule has 17 heavy (non-hydrogen) atoms. The van der Waals surface area contributed by atoms with E-state index in [2.05, 4.69) is 50.3 Å². The monoisotopic (exact) mass is 226 g/mol. The minimum Gasteiger partial charge on any atom is -0.0767 e. The molecule has 0 atom stereocenters. The van der Waals surface area contributed by atoms with Crippen LogP contribution in [0.25, 0.3) is 5.57 Å². The van der Waals surface area contributed by atoms with Gasteiger partial charge >= 0.3 is 0 Å². The highest BCUT2D eigenvalue weighted by molar-refractivity contribution is 5.75. The van der Waals surface area contributed by atoms with Crippen molar-refractivity contribution in [3.05, 3.63) is 53.1 Å². The Labute approximate surface area is 105 Å². The minimum absolute atomic E-state index is 1.19. The van der Waals surface area contributed by atoms with E-state index in [0.717, 1.165) is 0 Å². The summed E-state index contributed by atoms with van der Waals surface area (Å²) in [5.74, 6) is 0. The molecule has 0 nitrogen and oxygen atoms in total. The maximum absolute atomic E-state index is 2.38. The van der Waals surface area contributed by atoms with E-state index in [1.165, 1.54) is 54.4 Å². The van der Waals surface area contributed by atoms with E-state index >= 15 is 0 Å². The smallest absolute Gasteiger partial charge is 0.0187 e. The number of aryl methyl sites for hydroxylation is 1. The van der Waals surface area contributed by atoms with Crippen molar-refractivity contribution in [1.82, 2.24) is 0 Å². The van der Waals surface area contributed by atoms with Gasteiger partial charge in [0.2, 0.25) is 0 Å². The fourth-order valence-electron chi connectivity index (χ4n) is 2.39. The van der Waals surface area contributed by atoms with Gasteiger partial charge in [-0.25, -0.2) is 0 Å². The predicted molar refractivity (Wildman–Crippen MR) is 76.0 cm³/mol. The first-order valence-electron chi connectivity index (χ1n) is 6.76. The molecular formula is C17H22. The Bertz CT molecular complexity index is 418. The summed E-state index contributed by atoms with van der Waals surface area (Å²) in [4.78, 5) is 0. The van der Waals surface area contributed by atoms with Gasteiger partial charge in [0.05, 0.1) is 0 Å². The molecule has 0 radical (unpaired) electrons. The van der Waals surface area contributed by atoms with Gasteiger partial charge in [-0.2, -0.15) is 0 Å². The standard InChI is InChI=1S/C17H22/c1-3-6-15-9-11-16(12-10-15)17-8-5-4-7-14(2)13-17/h8-13H,3-7H2,1-2H3. The lowest BCUT2D eigenvalue weighted by Gasteiger charge is -2.05. The van der Waals surface area contributed by atoms with Crippen molar-refractivity contribution >= 4 is 5.57 Å². The molecule has 0 amide bonds. The summed E-state index contributed by atoms with van der Waals surface area (Å²) < 4.78 is 0. The summed E-state index contributed by atoms with van der Waals surface area (Å²) in [6.07, 6.45) is 10.9. The van der Waals surface area contributed by atoms with Crippen LogP contribution in [0.15, 0.2) is 42.0 Å². The molecule has 0 aliphatic heterocycles. The molecule has 0 saturated heterocycles. The summed E-state index contributed by atoms with van der Waals surface area (Å²) in [6, 6.07) is 9.08. The van der Waals surface area contributed by atoms with E-state index in [0.29, 0.717) is 0 Å². The second kappa shape index (κ2) is 5.86. The molecular weight excluding hydrogens is 204 g/mol. The fraction of sp³-hybridized carbons (Fsp3) is 0.412. The fourth-order valence-corrected chi connectivity index (χ4v) is 2.39. The lowest BCUT2D eigenvalue weighted by atomic mass is 10.0. The van der Waals surface area contributed by atoms with Crippen LogP contribution in [0.5, 0.6) is 0 Å². The molecule has 90 valence electrons. The van der Waals surface area contributed by atoms with Gasteiger partial charge in [-0.05, 0) is 49.3 Å². The van der Waals surface area contributed by atoms with Crippen LogP contribution < -0.4 is 0 Å². The zero-order valence-electron chi connectivity index (χ0n) is 11.0. The summed E-state index contributed by atoms with van der Waals surface area (Å²) >= 11 is 0. The van der Waals surface area contributed by atoms with Gasteiger partial charge in [-0.15, -0.1) is 0 Å². The molecule has 1 aromatic carbocycles. The van der Waals surface area contributed by atoms with Gasteiger partial charge in [0.25, 0.3) is 0 Å². The third kappa shape index (κ3) is 3.33. The third-order valence-corrected chi connectivity index (χ3v) is 3.37. The third-order valence-electron chi connectivity index (χ3n) is 3.37.